The fourth-order valence-electron chi connectivity index (χ4n) is 5.13. The van der Waals surface area contributed by atoms with Crippen molar-refractivity contribution in [2.45, 2.75) is 13.8 Å². The van der Waals surface area contributed by atoms with Crippen LogP contribution in [0.15, 0.2) is 104 Å². The van der Waals surface area contributed by atoms with Crippen molar-refractivity contribution in [3.05, 3.63) is 127 Å². The first-order valence-electron chi connectivity index (χ1n) is 15.3. The standard InChI is InChI=1S/C36H28Br2N4O6S2/c1-21-3-13-27-29(19-21)33(45)41(31(27)43)15-17-47-35(39-25-9-5-23(37)6-10-25)49-50-36(40-26-11-7-24(38)8-12-26)48-18-16-42-32(44)28-14-4-22(2)20-30(28)34(42)46/h3-14,19-20H,15-18H2,1-2H3. The molecule has 0 radical (unpaired) electrons. The first-order valence-corrected chi connectivity index (χ1v) is 19.0. The Hall–Kier alpha value is -4.24. The number of fused-ring (bicyclic) bond motifs is 2. The van der Waals surface area contributed by atoms with Crippen molar-refractivity contribution in [1.82, 2.24) is 9.80 Å². The van der Waals surface area contributed by atoms with Crippen LogP contribution in [-0.2, 0) is 9.47 Å². The molecule has 2 heterocycles. The molecule has 0 N–H and O–H groups in total. The number of benzene rings is 4. The Morgan fingerprint density at radius 2 is 0.920 bits per heavy atom. The number of aliphatic imine (C=N–C) groups is 2. The van der Waals surface area contributed by atoms with Crippen molar-refractivity contribution in [3.8, 4) is 0 Å². The van der Waals surface area contributed by atoms with Crippen LogP contribution in [0, 0.1) is 13.8 Å². The molecule has 0 saturated heterocycles. The number of nitrogens with zero attached hydrogens (tertiary/aromatic N) is 4. The highest BCUT2D eigenvalue weighted by atomic mass is 79.9. The number of imide groups is 2. The van der Waals surface area contributed by atoms with E-state index in [2.05, 4.69) is 41.8 Å². The molecule has 4 amide bonds. The summed E-state index contributed by atoms with van der Waals surface area (Å²) in [6, 6.07) is 25.0. The number of ether oxygens (including phenoxy) is 2. The Balaban J connectivity index is 1.16. The fourth-order valence-corrected chi connectivity index (χ4v) is 7.29. The molecule has 6 rings (SSSR count). The minimum atomic E-state index is -0.368. The number of halogens is 2. The summed E-state index contributed by atoms with van der Waals surface area (Å²) in [5.41, 5.74) is 4.51. The SMILES string of the molecule is Cc1ccc2c(c1)C(=O)N(CCOC(=Nc1ccc(Br)cc1)SSC(=Nc1ccc(Br)cc1)OCCN1C(=O)c3ccc(C)cc3C1=O)C2=O. The lowest BCUT2D eigenvalue weighted by Crippen LogP contribution is -2.33. The average molecular weight is 837 g/mol. The minimum absolute atomic E-state index is 0.00731. The van der Waals surface area contributed by atoms with Gasteiger partial charge in [0.25, 0.3) is 34.1 Å². The van der Waals surface area contributed by atoms with Crippen LogP contribution < -0.4 is 0 Å². The van der Waals surface area contributed by atoms with E-state index in [-0.39, 0.29) is 60.4 Å². The second-order valence-electron chi connectivity index (χ2n) is 11.2. The van der Waals surface area contributed by atoms with Crippen molar-refractivity contribution in [2.75, 3.05) is 26.3 Å². The Morgan fingerprint density at radius 1 is 0.560 bits per heavy atom. The van der Waals surface area contributed by atoms with E-state index in [4.69, 9.17) is 9.47 Å². The molecule has 0 saturated carbocycles. The van der Waals surface area contributed by atoms with Crippen LogP contribution in [0.25, 0.3) is 0 Å². The third kappa shape index (κ3) is 8.20. The highest BCUT2D eigenvalue weighted by molar-refractivity contribution is 9.10. The number of hydrogen-bond donors (Lipinski definition) is 0. The van der Waals surface area contributed by atoms with Gasteiger partial charge in [0.1, 0.15) is 13.2 Å². The summed E-state index contributed by atoms with van der Waals surface area (Å²) in [6.45, 7) is 3.76. The highest BCUT2D eigenvalue weighted by Crippen LogP contribution is 2.32. The van der Waals surface area contributed by atoms with E-state index in [1.54, 1.807) is 36.4 Å². The van der Waals surface area contributed by atoms with Crippen molar-refractivity contribution < 1.29 is 28.7 Å². The zero-order valence-electron chi connectivity index (χ0n) is 26.7. The van der Waals surface area contributed by atoms with E-state index in [1.165, 1.54) is 9.80 Å². The van der Waals surface area contributed by atoms with Gasteiger partial charge in [-0.3, -0.25) is 29.0 Å². The van der Waals surface area contributed by atoms with E-state index >= 15 is 0 Å². The first-order chi connectivity index (χ1) is 24.1. The molecule has 0 atom stereocenters. The molecule has 0 fully saturated rings. The number of hydrogen-bond acceptors (Lipinski definition) is 10. The third-order valence-corrected chi connectivity index (χ3v) is 10.6. The molecule has 10 nitrogen and oxygen atoms in total. The van der Waals surface area contributed by atoms with Gasteiger partial charge in [-0.05, 0) is 86.6 Å². The van der Waals surface area contributed by atoms with Crippen molar-refractivity contribution in [3.63, 3.8) is 0 Å². The summed E-state index contributed by atoms with van der Waals surface area (Å²) in [5.74, 6) is -1.47. The normalized spacial score (nSPS) is 14.4. The lowest BCUT2D eigenvalue weighted by Gasteiger charge is -2.16. The smallest absolute Gasteiger partial charge is 0.262 e. The maximum Gasteiger partial charge on any atom is 0.262 e. The van der Waals surface area contributed by atoms with Crippen molar-refractivity contribution >= 4 is 98.9 Å². The highest BCUT2D eigenvalue weighted by Gasteiger charge is 2.36. The molecule has 0 aromatic heterocycles. The predicted octanol–water partition coefficient (Wildman–Crippen LogP) is 8.51. The first kappa shape index (κ1) is 35.6. The van der Waals surface area contributed by atoms with Gasteiger partial charge in [0.2, 0.25) is 0 Å². The van der Waals surface area contributed by atoms with E-state index in [0.29, 0.717) is 33.6 Å². The molecular formula is C36H28Br2N4O6S2. The van der Waals surface area contributed by atoms with Crippen molar-refractivity contribution in [2.24, 2.45) is 9.98 Å². The van der Waals surface area contributed by atoms with Crippen LogP contribution in [0.2, 0.25) is 0 Å². The summed E-state index contributed by atoms with van der Waals surface area (Å²) in [7, 11) is 2.26. The van der Waals surface area contributed by atoms with E-state index in [1.807, 2.05) is 62.4 Å². The Kier molecular flexibility index (Phi) is 11.2. The fraction of sp³-hybridized carbons (Fsp3) is 0.167. The maximum absolute atomic E-state index is 13.0. The quantitative estimate of drug-likeness (QED) is 0.0751. The van der Waals surface area contributed by atoms with E-state index in [9.17, 15) is 19.2 Å². The van der Waals surface area contributed by atoms with E-state index < -0.39 is 0 Å². The van der Waals surface area contributed by atoms with Gasteiger partial charge in [0.05, 0.1) is 46.7 Å². The lowest BCUT2D eigenvalue weighted by atomic mass is 10.1. The molecule has 4 aromatic rings. The molecule has 2 aliphatic heterocycles. The topological polar surface area (TPSA) is 118 Å². The van der Waals surface area contributed by atoms with Gasteiger partial charge in [-0.15, -0.1) is 0 Å². The molecular weight excluding hydrogens is 808 g/mol. The van der Waals surface area contributed by atoms with Gasteiger partial charge in [0, 0.05) is 30.5 Å². The van der Waals surface area contributed by atoms with Crippen LogP contribution in [0.4, 0.5) is 11.4 Å². The summed E-state index contributed by atoms with van der Waals surface area (Å²) in [6.07, 6.45) is 0. The minimum Gasteiger partial charge on any atom is -0.470 e. The van der Waals surface area contributed by atoms with E-state index in [0.717, 1.165) is 41.7 Å². The molecule has 2 aliphatic rings. The second kappa shape index (κ2) is 15.8. The second-order valence-corrected chi connectivity index (χ2v) is 15.1. The number of amides is 4. The molecule has 14 heteroatoms. The Bertz CT molecular complexity index is 1910. The van der Waals surface area contributed by atoms with Gasteiger partial charge in [-0.2, -0.15) is 0 Å². The van der Waals surface area contributed by atoms with Crippen LogP contribution in [0.1, 0.15) is 52.6 Å². The molecule has 50 heavy (non-hydrogen) atoms. The Morgan fingerprint density at radius 3 is 1.30 bits per heavy atom. The summed E-state index contributed by atoms with van der Waals surface area (Å²) >= 11 is 6.87. The van der Waals surface area contributed by atoms with Crippen LogP contribution in [0.5, 0.6) is 0 Å². The number of aryl methyl sites for hydroxylation is 2. The number of carbonyl (C=O) groups is 4. The largest absolute Gasteiger partial charge is 0.470 e. The maximum atomic E-state index is 13.0. The number of rotatable bonds is 8. The lowest BCUT2D eigenvalue weighted by molar-refractivity contribution is 0.0615. The van der Waals surface area contributed by atoms with Gasteiger partial charge in [-0.25, -0.2) is 9.98 Å². The predicted molar refractivity (Wildman–Crippen MR) is 203 cm³/mol. The molecule has 254 valence electrons. The third-order valence-electron chi connectivity index (χ3n) is 7.61. The molecule has 4 aromatic carbocycles. The Labute approximate surface area is 313 Å². The molecule has 0 spiro atoms. The van der Waals surface area contributed by atoms with Crippen molar-refractivity contribution in [1.29, 1.82) is 0 Å². The molecule has 0 aliphatic carbocycles. The van der Waals surface area contributed by atoms with Crippen LogP contribution in [-0.4, -0.2) is 70.2 Å². The van der Waals surface area contributed by atoms with Gasteiger partial charge in [0.15, 0.2) is 0 Å². The van der Waals surface area contributed by atoms with Gasteiger partial charge < -0.3 is 9.47 Å². The monoisotopic (exact) mass is 834 g/mol. The zero-order valence-corrected chi connectivity index (χ0v) is 31.5. The van der Waals surface area contributed by atoms with Gasteiger partial charge in [-0.1, -0.05) is 55.1 Å². The van der Waals surface area contributed by atoms with Crippen LogP contribution in [0.3, 0.4) is 0 Å². The van der Waals surface area contributed by atoms with Gasteiger partial charge >= 0.3 is 0 Å². The zero-order chi connectivity index (χ0) is 35.4. The summed E-state index contributed by atoms with van der Waals surface area (Å²) in [4.78, 5) is 63.6. The molecule has 0 bridgehead atoms. The van der Waals surface area contributed by atoms with Crippen LogP contribution >= 0.6 is 53.4 Å². The summed E-state index contributed by atoms with van der Waals surface area (Å²) < 4.78 is 13.9. The summed E-state index contributed by atoms with van der Waals surface area (Å²) in [5, 5.41) is 0.459. The molecule has 0 unspecified atom stereocenters. The number of carbonyl (C=O) groups excluding carboxylic acids is 4. The average Bonchev–Trinajstić information content (AvgIpc) is 3.47.